The SMILES string of the molecule is COC(=O)[C@H](CCSC)NC(=O)c1ccc(COC(C)C(OCC(O)CO)C2CCCCC2)cc1-c1ccccc1C. The lowest BCUT2D eigenvalue weighted by atomic mass is 9.83. The second kappa shape index (κ2) is 17.6. The molecule has 0 aromatic heterocycles. The molecule has 2 aromatic rings. The van der Waals surface area contributed by atoms with E-state index in [-0.39, 0.29) is 31.3 Å². The Hall–Kier alpha value is -2.43. The van der Waals surface area contributed by atoms with Crippen LogP contribution in [0.15, 0.2) is 42.5 Å². The first-order valence-electron chi connectivity index (χ1n) is 14.9. The van der Waals surface area contributed by atoms with E-state index in [2.05, 4.69) is 5.32 Å². The highest BCUT2D eigenvalue weighted by atomic mass is 32.2. The number of esters is 1. The summed E-state index contributed by atoms with van der Waals surface area (Å²) in [5, 5.41) is 22.0. The van der Waals surface area contributed by atoms with E-state index >= 15 is 0 Å². The van der Waals surface area contributed by atoms with Gasteiger partial charge in [-0.3, -0.25) is 4.79 Å². The molecule has 3 unspecified atom stereocenters. The second-order valence-corrected chi connectivity index (χ2v) is 12.1. The van der Waals surface area contributed by atoms with Gasteiger partial charge in [0.1, 0.15) is 12.1 Å². The fraction of sp³-hybridized carbons (Fsp3) is 0.576. The summed E-state index contributed by atoms with van der Waals surface area (Å²) in [6.07, 6.45) is 6.71. The van der Waals surface area contributed by atoms with Crippen molar-refractivity contribution in [3.63, 3.8) is 0 Å². The van der Waals surface area contributed by atoms with Crippen molar-refractivity contribution in [2.75, 3.05) is 32.3 Å². The summed E-state index contributed by atoms with van der Waals surface area (Å²) in [5.41, 5.74) is 4.09. The predicted molar refractivity (Wildman–Crippen MR) is 167 cm³/mol. The van der Waals surface area contributed by atoms with Crippen molar-refractivity contribution in [1.82, 2.24) is 5.32 Å². The molecule has 1 amide bonds. The number of hydrogen-bond acceptors (Lipinski definition) is 8. The number of benzene rings is 2. The topological polar surface area (TPSA) is 114 Å². The normalized spacial score (nSPS) is 16.8. The molecule has 0 spiro atoms. The number of carbonyl (C=O) groups excluding carboxylic acids is 2. The van der Waals surface area contributed by atoms with E-state index in [4.69, 9.17) is 14.2 Å². The van der Waals surface area contributed by atoms with Gasteiger partial charge in [0.15, 0.2) is 0 Å². The van der Waals surface area contributed by atoms with Gasteiger partial charge in [0.25, 0.3) is 5.91 Å². The molecule has 0 bridgehead atoms. The first-order chi connectivity index (χ1) is 20.3. The minimum atomic E-state index is -0.918. The van der Waals surface area contributed by atoms with Crippen LogP contribution in [0.25, 0.3) is 11.1 Å². The Balaban J connectivity index is 1.83. The van der Waals surface area contributed by atoms with Crippen LogP contribution in [0, 0.1) is 12.8 Å². The molecule has 3 N–H and O–H groups in total. The number of carbonyl (C=O) groups is 2. The average Bonchev–Trinajstić information content (AvgIpc) is 3.02. The molecule has 4 atom stereocenters. The van der Waals surface area contributed by atoms with Gasteiger partial charge < -0.3 is 29.7 Å². The summed E-state index contributed by atoms with van der Waals surface area (Å²) in [5.74, 6) is 0.250. The first-order valence-corrected chi connectivity index (χ1v) is 16.3. The molecule has 1 fully saturated rings. The van der Waals surface area contributed by atoms with Crippen molar-refractivity contribution in [2.24, 2.45) is 5.92 Å². The van der Waals surface area contributed by atoms with Gasteiger partial charge in [-0.25, -0.2) is 4.79 Å². The summed E-state index contributed by atoms with van der Waals surface area (Å²) in [4.78, 5) is 25.9. The third-order valence-corrected chi connectivity index (χ3v) is 8.59. The van der Waals surface area contributed by atoms with Gasteiger partial charge in [0, 0.05) is 5.56 Å². The van der Waals surface area contributed by atoms with Gasteiger partial charge in [-0.2, -0.15) is 11.8 Å². The van der Waals surface area contributed by atoms with Crippen LogP contribution in [0.3, 0.4) is 0 Å². The number of aryl methyl sites for hydroxylation is 1. The Kier molecular flexibility index (Phi) is 14.3. The molecule has 232 valence electrons. The van der Waals surface area contributed by atoms with Crippen LogP contribution < -0.4 is 5.32 Å². The minimum Gasteiger partial charge on any atom is -0.467 e. The summed E-state index contributed by atoms with van der Waals surface area (Å²) in [7, 11) is 1.33. The number of ether oxygens (including phenoxy) is 3. The van der Waals surface area contributed by atoms with Crippen LogP contribution in [0.2, 0.25) is 0 Å². The van der Waals surface area contributed by atoms with E-state index in [9.17, 15) is 19.8 Å². The van der Waals surface area contributed by atoms with Crippen molar-refractivity contribution in [3.05, 3.63) is 59.2 Å². The molecule has 0 heterocycles. The Morgan fingerprint density at radius 1 is 1.07 bits per heavy atom. The lowest BCUT2D eigenvalue weighted by Gasteiger charge is -2.34. The Bertz CT molecular complexity index is 1140. The maximum absolute atomic E-state index is 13.5. The quantitative estimate of drug-likeness (QED) is 0.233. The molecule has 3 rings (SSSR count). The monoisotopic (exact) mass is 601 g/mol. The third-order valence-electron chi connectivity index (χ3n) is 7.95. The van der Waals surface area contributed by atoms with Crippen molar-refractivity contribution in [3.8, 4) is 11.1 Å². The Labute approximate surface area is 254 Å². The van der Waals surface area contributed by atoms with E-state index in [0.29, 0.717) is 30.3 Å². The van der Waals surface area contributed by atoms with E-state index in [0.717, 1.165) is 47.9 Å². The first kappa shape index (κ1) is 34.1. The average molecular weight is 602 g/mol. The van der Waals surface area contributed by atoms with Crippen LogP contribution in [0.4, 0.5) is 0 Å². The molecular weight excluding hydrogens is 554 g/mol. The molecule has 0 saturated heterocycles. The molecule has 9 heteroatoms. The minimum absolute atomic E-state index is 0.0656. The highest BCUT2D eigenvalue weighted by molar-refractivity contribution is 7.98. The molecule has 2 aromatic carbocycles. The zero-order chi connectivity index (χ0) is 30.5. The number of hydrogen-bond donors (Lipinski definition) is 3. The summed E-state index contributed by atoms with van der Waals surface area (Å²) in [6, 6.07) is 12.8. The van der Waals surface area contributed by atoms with Crippen molar-refractivity contribution < 1.29 is 34.0 Å². The zero-order valence-corrected chi connectivity index (χ0v) is 26.2. The van der Waals surface area contributed by atoms with Crippen LogP contribution in [-0.4, -0.2) is 78.8 Å². The van der Waals surface area contributed by atoms with Gasteiger partial charge in [-0.15, -0.1) is 0 Å². The number of amides is 1. The molecule has 8 nitrogen and oxygen atoms in total. The molecular formula is C33H47NO7S. The van der Waals surface area contributed by atoms with Crippen LogP contribution >= 0.6 is 11.8 Å². The largest absolute Gasteiger partial charge is 0.467 e. The zero-order valence-electron chi connectivity index (χ0n) is 25.3. The lowest BCUT2D eigenvalue weighted by Crippen LogP contribution is -2.42. The molecule has 1 aliphatic carbocycles. The Morgan fingerprint density at radius 3 is 2.48 bits per heavy atom. The molecule has 1 saturated carbocycles. The number of rotatable bonds is 16. The van der Waals surface area contributed by atoms with Crippen molar-refractivity contribution >= 4 is 23.6 Å². The maximum Gasteiger partial charge on any atom is 0.328 e. The van der Waals surface area contributed by atoms with Crippen LogP contribution in [0.5, 0.6) is 0 Å². The number of methoxy groups -OCH3 is 1. The Morgan fingerprint density at radius 2 is 1.81 bits per heavy atom. The fourth-order valence-electron chi connectivity index (χ4n) is 5.55. The number of nitrogens with one attached hydrogen (secondary N) is 1. The molecule has 0 radical (unpaired) electrons. The van der Waals surface area contributed by atoms with Crippen LogP contribution in [-0.2, 0) is 25.6 Å². The van der Waals surface area contributed by atoms with Gasteiger partial charge in [0.2, 0.25) is 0 Å². The smallest absolute Gasteiger partial charge is 0.328 e. The van der Waals surface area contributed by atoms with Crippen molar-refractivity contribution in [2.45, 2.75) is 83.3 Å². The van der Waals surface area contributed by atoms with E-state index in [1.165, 1.54) is 13.5 Å². The second-order valence-electron chi connectivity index (χ2n) is 11.1. The van der Waals surface area contributed by atoms with E-state index in [1.807, 2.05) is 56.5 Å². The third kappa shape index (κ3) is 9.81. The maximum atomic E-state index is 13.5. The predicted octanol–water partition coefficient (Wildman–Crippen LogP) is 4.91. The number of aliphatic hydroxyl groups excluding tert-OH is 2. The van der Waals surface area contributed by atoms with Gasteiger partial charge in [-0.05, 0) is 85.4 Å². The van der Waals surface area contributed by atoms with E-state index < -0.39 is 18.1 Å². The fourth-order valence-corrected chi connectivity index (χ4v) is 6.03. The summed E-state index contributed by atoms with van der Waals surface area (Å²) in [6.45, 7) is 4.04. The van der Waals surface area contributed by atoms with Gasteiger partial charge in [0.05, 0.1) is 39.1 Å². The van der Waals surface area contributed by atoms with E-state index in [1.54, 1.807) is 17.8 Å². The molecule has 0 aliphatic heterocycles. The highest BCUT2D eigenvalue weighted by Crippen LogP contribution is 2.32. The lowest BCUT2D eigenvalue weighted by molar-refractivity contribution is -0.142. The van der Waals surface area contributed by atoms with Gasteiger partial charge >= 0.3 is 5.97 Å². The van der Waals surface area contributed by atoms with Crippen LogP contribution in [0.1, 0.15) is 66.9 Å². The number of thioether (sulfide) groups is 1. The summed E-state index contributed by atoms with van der Waals surface area (Å²) >= 11 is 1.60. The van der Waals surface area contributed by atoms with Gasteiger partial charge in [-0.1, -0.05) is 49.6 Å². The molecule has 1 aliphatic rings. The highest BCUT2D eigenvalue weighted by Gasteiger charge is 2.30. The summed E-state index contributed by atoms with van der Waals surface area (Å²) < 4.78 is 17.4. The number of aliphatic hydroxyl groups is 2. The standard InChI is InChI=1S/C33H47NO7S/c1-22-10-8-9-13-27(22)29-18-24(14-15-28(29)32(37)34-30(16-17-42-4)33(38)39-3)20-40-23(2)31(41-21-26(36)19-35)25-11-6-5-7-12-25/h8-10,13-15,18,23,25-26,30-31,35-36H,5-7,11-12,16-17,19-21H2,1-4H3,(H,34,37)/t23?,26?,30-,31?/m0/s1. The molecule has 42 heavy (non-hydrogen) atoms. The van der Waals surface area contributed by atoms with Crippen molar-refractivity contribution in [1.29, 1.82) is 0 Å².